The average molecular weight is 240 g/mol. The van der Waals surface area contributed by atoms with Crippen molar-refractivity contribution in [1.29, 1.82) is 0 Å². The summed E-state index contributed by atoms with van der Waals surface area (Å²) in [4.78, 5) is 13.3. The topological polar surface area (TPSA) is 33.5 Å². The zero-order valence-corrected chi connectivity index (χ0v) is 9.96. The Labute approximate surface area is 99.7 Å². The van der Waals surface area contributed by atoms with Crippen molar-refractivity contribution in [3.63, 3.8) is 0 Å². The van der Waals surface area contributed by atoms with Gasteiger partial charge in [0.25, 0.3) is 0 Å². The lowest BCUT2D eigenvalue weighted by Gasteiger charge is -2.28. The van der Waals surface area contributed by atoms with E-state index in [2.05, 4.69) is 6.92 Å². The van der Waals surface area contributed by atoms with E-state index in [0.29, 0.717) is 6.54 Å². The van der Waals surface area contributed by atoms with Crippen molar-refractivity contribution in [2.24, 2.45) is 0 Å². The van der Waals surface area contributed by atoms with Gasteiger partial charge in [-0.25, -0.2) is 0 Å². The first-order valence-electron chi connectivity index (χ1n) is 5.28. The number of halogens is 1. The van der Waals surface area contributed by atoms with Gasteiger partial charge in [0, 0.05) is 18.7 Å². The van der Waals surface area contributed by atoms with Gasteiger partial charge in [-0.15, -0.1) is 11.6 Å². The second-order valence-electron chi connectivity index (χ2n) is 3.94. The molecular weight excluding hydrogens is 226 g/mol. The molecule has 3 nitrogen and oxygen atoms in total. The van der Waals surface area contributed by atoms with E-state index in [9.17, 15) is 4.79 Å². The molecule has 0 saturated heterocycles. The minimum Gasteiger partial charge on any atom is -0.465 e. The van der Waals surface area contributed by atoms with E-state index in [1.807, 2.05) is 12.1 Å². The largest absolute Gasteiger partial charge is 0.465 e. The van der Waals surface area contributed by atoms with Crippen molar-refractivity contribution >= 4 is 23.1 Å². The van der Waals surface area contributed by atoms with Crippen molar-refractivity contribution in [3.8, 4) is 0 Å². The van der Waals surface area contributed by atoms with E-state index in [-0.39, 0.29) is 11.8 Å². The Bertz CT molecular complexity index is 409. The predicted octanol–water partition coefficient (Wildman–Crippen LogP) is 2.52. The third-order valence-electron chi connectivity index (χ3n) is 2.91. The molecular formula is C12H14ClNO2. The van der Waals surface area contributed by atoms with Crippen LogP contribution in [0.2, 0.25) is 0 Å². The van der Waals surface area contributed by atoms with Crippen molar-refractivity contribution in [2.75, 3.05) is 19.0 Å². The van der Waals surface area contributed by atoms with Gasteiger partial charge in [-0.2, -0.15) is 0 Å². The minimum atomic E-state index is -0.0155. The van der Waals surface area contributed by atoms with E-state index in [0.717, 1.165) is 24.3 Å². The molecule has 4 heteroatoms. The van der Waals surface area contributed by atoms with Crippen LogP contribution < -0.4 is 0 Å². The highest BCUT2D eigenvalue weighted by molar-refractivity contribution is 6.27. The maximum absolute atomic E-state index is 11.5. The molecule has 0 fully saturated rings. The summed E-state index contributed by atoms with van der Waals surface area (Å²) < 4.78 is 5.38. The van der Waals surface area contributed by atoms with Crippen molar-refractivity contribution in [2.45, 2.75) is 13.3 Å². The number of carbonyl (C=O) groups is 1. The zero-order valence-electron chi connectivity index (χ0n) is 9.20. The maximum atomic E-state index is 11.5. The second-order valence-corrected chi connectivity index (χ2v) is 4.20. The molecule has 0 aliphatic carbocycles. The number of hydrogen-bond donors (Lipinski definition) is 0. The third-order valence-corrected chi connectivity index (χ3v) is 3.14. The SMILES string of the molecule is CC1=C(c2ccco2)CN(C(=O)CCl)CC1. The molecule has 0 aromatic carbocycles. The molecule has 1 aromatic rings. The Morgan fingerprint density at radius 1 is 1.62 bits per heavy atom. The minimum absolute atomic E-state index is 0.0155. The fourth-order valence-corrected chi connectivity index (χ4v) is 2.06. The van der Waals surface area contributed by atoms with Gasteiger partial charge in [0.05, 0.1) is 6.26 Å². The van der Waals surface area contributed by atoms with Gasteiger partial charge in [-0.3, -0.25) is 4.79 Å². The summed E-state index contributed by atoms with van der Waals surface area (Å²) in [6, 6.07) is 3.78. The van der Waals surface area contributed by atoms with Crippen molar-refractivity contribution in [1.82, 2.24) is 4.90 Å². The quantitative estimate of drug-likeness (QED) is 0.743. The van der Waals surface area contributed by atoms with Gasteiger partial charge in [0.15, 0.2) is 0 Å². The van der Waals surface area contributed by atoms with Gasteiger partial charge in [0.2, 0.25) is 5.91 Å². The number of furan rings is 1. The Morgan fingerprint density at radius 2 is 2.44 bits per heavy atom. The smallest absolute Gasteiger partial charge is 0.237 e. The monoisotopic (exact) mass is 239 g/mol. The van der Waals surface area contributed by atoms with Crippen molar-refractivity contribution < 1.29 is 9.21 Å². The molecule has 16 heavy (non-hydrogen) atoms. The zero-order chi connectivity index (χ0) is 11.5. The van der Waals surface area contributed by atoms with E-state index in [1.165, 1.54) is 5.57 Å². The van der Waals surface area contributed by atoms with Gasteiger partial charge < -0.3 is 9.32 Å². The van der Waals surface area contributed by atoms with Crippen LogP contribution in [0.5, 0.6) is 0 Å². The summed E-state index contributed by atoms with van der Waals surface area (Å²) in [7, 11) is 0. The number of amides is 1. The van der Waals surface area contributed by atoms with Crippen LogP contribution in [0.1, 0.15) is 19.1 Å². The first-order valence-corrected chi connectivity index (χ1v) is 5.82. The highest BCUT2D eigenvalue weighted by Gasteiger charge is 2.22. The number of carbonyl (C=O) groups excluding carboxylic acids is 1. The number of rotatable bonds is 2. The average Bonchev–Trinajstić information content (AvgIpc) is 2.82. The first kappa shape index (κ1) is 11.3. The number of hydrogen-bond acceptors (Lipinski definition) is 2. The summed E-state index contributed by atoms with van der Waals surface area (Å²) in [6.45, 7) is 3.44. The molecule has 86 valence electrons. The molecule has 2 heterocycles. The molecule has 0 atom stereocenters. The van der Waals surface area contributed by atoms with Crippen LogP contribution in [0.4, 0.5) is 0 Å². The maximum Gasteiger partial charge on any atom is 0.237 e. The van der Waals surface area contributed by atoms with Crippen LogP contribution in [-0.2, 0) is 4.79 Å². The Morgan fingerprint density at radius 3 is 3.06 bits per heavy atom. The number of nitrogens with zero attached hydrogens (tertiary/aromatic N) is 1. The lowest BCUT2D eigenvalue weighted by Crippen LogP contribution is -2.37. The third kappa shape index (κ3) is 2.14. The molecule has 1 amide bonds. The van der Waals surface area contributed by atoms with Crippen LogP contribution in [0, 0.1) is 0 Å². The highest BCUT2D eigenvalue weighted by atomic mass is 35.5. The molecule has 2 rings (SSSR count). The molecule has 0 radical (unpaired) electrons. The molecule has 0 saturated carbocycles. The van der Waals surface area contributed by atoms with Crippen molar-refractivity contribution in [3.05, 3.63) is 29.7 Å². The molecule has 0 spiro atoms. The van der Waals surface area contributed by atoms with E-state index in [4.69, 9.17) is 16.0 Å². The normalized spacial score (nSPS) is 16.8. The summed E-state index contributed by atoms with van der Waals surface area (Å²) in [5.74, 6) is 0.882. The fourth-order valence-electron chi connectivity index (χ4n) is 1.89. The van der Waals surface area contributed by atoms with Gasteiger partial charge in [-0.05, 0) is 25.5 Å². The van der Waals surface area contributed by atoms with Crippen LogP contribution >= 0.6 is 11.6 Å². The molecule has 0 bridgehead atoms. The Balaban J connectivity index is 2.21. The fraction of sp³-hybridized carbons (Fsp3) is 0.417. The summed E-state index contributed by atoms with van der Waals surface area (Å²) in [5.41, 5.74) is 2.39. The van der Waals surface area contributed by atoms with Gasteiger partial charge in [-0.1, -0.05) is 5.57 Å². The van der Waals surface area contributed by atoms with Gasteiger partial charge in [0.1, 0.15) is 11.6 Å². The lowest BCUT2D eigenvalue weighted by molar-refractivity contribution is -0.128. The van der Waals surface area contributed by atoms with Crippen LogP contribution in [0.25, 0.3) is 5.57 Å². The Hall–Kier alpha value is -1.22. The molecule has 1 aliphatic heterocycles. The van der Waals surface area contributed by atoms with Crippen LogP contribution in [0.15, 0.2) is 28.4 Å². The summed E-state index contributed by atoms with van der Waals surface area (Å²) in [6.07, 6.45) is 2.54. The van der Waals surface area contributed by atoms with Gasteiger partial charge >= 0.3 is 0 Å². The second kappa shape index (κ2) is 4.74. The van der Waals surface area contributed by atoms with Crippen LogP contribution in [-0.4, -0.2) is 29.8 Å². The van der Waals surface area contributed by atoms with Crippen LogP contribution in [0.3, 0.4) is 0 Å². The molecule has 1 aromatic heterocycles. The number of alkyl halides is 1. The molecule has 0 unspecified atom stereocenters. The standard InChI is InChI=1S/C12H14ClNO2/c1-9-4-5-14(12(15)7-13)8-10(9)11-3-2-6-16-11/h2-3,6H,4-5,7-8H2,1H3. The molecule has 1 aliphatic rings. The summed E-state index contributed by atoms with van der Waals surface area (Å²) >= 11 is 5.56. The van der Waals surface area contributed by atoms with E-state index >= 15 is 0 Å². The first-order chi connectivity index (χ1) is 7.72. The molecule has 0 N–H and O–H groups in total. The van der Waals surface area contributed by atoms with E-state index in [1.54, 1.807) is 11.2 Å². The lowest BCUT2D eigenvalue weighted by atomic mass is 9.99. The predicted molar refractivity (Wildman–Crippen MR) is 63.2 cm³/mol. The summed E-state index contributed by atoms with van der Waals surface area (Å²) in [5, 5.41) is 0. The Kier molecular flexibility index (Phi) is 3.34. The van der Waals surface area contributed by atoms with E-state index < -0.39 is 0 Å². The highest BCUT2D eigenvalue weighted by Crippen LogP contribution is 2.26.